The highest BCUT2D eigenvalue weighted by atomic mass is 32.2. The van der Waals surface area contributed by atoms with Crippen LogP contribution in [0.1, 0.15) is 32.1 Å². The van der Waals surface area contributed by atoms with Gasteiger partial charge in [0.1, 0.15) is 5.52 Å². The third-order valence-electron chi connectivity index (χ3n) is 4.99. The van der Waals surface area contributed by atoms with Crippen molar-refractivity contribution in [3.63, 3.8) is 0 Å². The van der Waals surface area contributed by atoms with Gasteiger partial charge in [0.15, 0.2) is 15.0 Å². The Labute approximate surface area is 165 Å². The number of likely N-dealkylation sites (N-methyl/N-ethyl adjacent to an activating group) is 1. The van der Waals surface area contributed by atoms with Crippen LogP contribution in [0, 0.1) is 5.92 Å². The van der Waals surface area contributed by atoms with Gasteiger partial charge in [0.25, 0.3) is 0 Å². The lowest BCUT2D eigenvalue weighted by Gasteiger charge is -2.28. The fourth-order valence-electron chi connectivity index (χ4n) is 3.50. The van der Waals surface area contributed by atoms with Crippen molar-refractivity contribution in [1.82, 2.24) is 9.88 Å². The van der Waals surface area contributed by atoms with Crippen LogP contribution in [0.4, 0.5) is 5.13 Å². The van der Waals surface area contributed by atoms with Crippen molar-refractivity contribution in [2.24, 2.45) is 5.92 Å². The number of rotatable bonds is 6. The van der Waals surface area contributed by atoms with Crippen molar-refractivity contribution in [3.05, 3.63) is 18.2 Å². The van der Waals surface area contributed by atoms with Gasteiger partial charge >= 0.3 is 0 Å². The average Bonchev–Trinajstić information content (AvgIpc) is 3.05. The quantitative estimate of drug-likeness (QED) is 0.733. The Balaban J connectivity index is 1.99. The Kier molecular flexibility index (Phi) is 6.18. The first kappa shape index (κ1) is 20.2. The monoisotopic (exact) mass is 409 g/mol. The number of carbonyl (C=O) groups is 1. The van der Waals surface area contributed by atoms with E-state index in [0.717, 1.165) is 36.9 Å². The highest BCUT2D eigenvalue weighted by Gasteiger charge is 2.29. The molecule has 8 heteroatoms. The van der Waals surface area contributed by atoms with Gasteiger partial charge in [0.2, 0.25) is 5.91 Å². The number of nitrogens with zero attached hydrogens (tertiary/aromatic N) is 3. The number of thiazole rings is 1. The van der Waals surface area contributed by atoms with Crippen LogP contribution in [0.15, 0.2) is 23.1 Å². The van der Waals surface area contributed by atoms with Crippen LogP contribution in [0.2, 0.25) is 0 Å². The van der Waals surface area contributed by atoms with Gasteiger partial charge in [-0.3, -0.25) is 9.69 Å². The molecule has 1 fully saturated rings. The minimum atomic E-state index is -3.38. The molecule has 0 radical (unpaired) electrons. The van der Waals surface area contributed by atoms with Gasteiger partial charge < -0.3 is 4.90 Å². The highest BCUT2D eigenvalue weighted by molar-refractivity contribution is 7.91. The van der Waals surface area contributed by atoms with Crippen LogP contribution in [-0.2, 0) is 14.6 Å². The smallest absolute Gasteiger partial charge is 0.231 e. The summed E-state index contributed by atoms with van der Waals surface area (Å²) in [5, 5.41) is 0.596. The van der Waals surface area contributed by atoms with E-state index in [2.05, 4.69) is 4.98 Å². The minimum absolute atomic E-state index is 0.0438. The summed E-state index contributed by atoms with van der Waals surface area (Å²) in [6.07, 6.45) is 6.43. The Hall–Kier alpha value is -1.51. The van der Waals surface area contributed by atoms with E-state index < -0.39 is 9.84 Å². The molecule has 0 bridgehead atoms. The first-order chi connectivity index (χ1) is 12.8. The number of hydrogen-bond donors (Lipinski definition) is 0. The van der Waals surface area contributed by atoms with Crippen molar-refractivity contribution in [1.29, 1.82) is 0 Å². The summed E-state index contributed by atoms with van der Waals surface area (Å²) in [6.45, 7) is 1.28. The van der Waals surface area contributed by atoms with E-state index in [4.69, 9.17) is 0 Å². The largest absolute Gasteiger partial charge is 0.308 e. The van der Waals surface area contributed by atoms with E-state index >= 15 is 0 Å². The number of carbonyl (C=O) groups excluding carboxylic acids is 1. The second-order valence-corrected chi connectivity index (χ2v) is 10.5. The molecular formula is C19H27N3O3S2. The van der Waals surface area contributed by atoms with Crippen LogP contribution in [0.25, 0.3) is 10.2 Å². The molecule has 3 rings (SSSR count). The molecule has 148 valence electrons. The van der Waals surface area contributed by atoms with Crippen LogP contribution in [0.3, 0.4) is 0 Å². The zero-order valence-electron chi connectivity index (χ0n) is 16.1. The molecule has 1 aliphatic carbocycles. The second-order valence-electron chi connectivity index (χ2n) is 7.50. The molecule has 0 saturated heterocycles. The molecule has 1 amide bonds. The average molecular weight is 410 g/mol. The summed E-state index contributed by atoms with van der Waals surface area (Å²) in [6, 6.07) is 5.17. The summed E-state index contributed by atoms with van der Waals surface area (Å²) in [7, 11) is 0.575. The number of benzene rings is 1. The maximum absolute atomic E-state index is 13.2. The number of para-hydroxylation sites is 1. The Morgan fingerprint density at radius 1 is 1.19 bits per heavy atom. The molecule has 27 heavy (non-hydrogen) atoms. The molecule has 0 atom stereocenters. The van der Waals surface area contributed by atoms with Crippen LogP contribution < -0.4 is 4.90 Å². The van der Waals surface area contributed by atoms with E-state index in [-0.39, 0.29) is 16.7 Å². The van der Waals surface area contributed by atoms with Crippen molar-refractivity contribution >= 4 is 42.4 Å². The van der Waals surface area contributed by atoms with Crippen LogP contribution in [-0.4, -0.2) is 57.6 Å². The molecule has 0 spiro atoms. The summed E-state index contributed by atoms with van der Waals surface area (Å²) in [4.78, 5) is 21.9. The zero-order chi connectivity index (χ0) is 19.6. The number of sulfone groups is 1. The number of anilines is 1. The fourth-order valence-corrected chi connectivity index (χ4v) is 5.42. The highest BCUT2D eigenvalue weighted by Crippen LogP contribution is 2.34. The fraction of sp³-hybridized carbons (Fsp3) is 0.579. The molecule has 1 aromatic heterocycles. The summed E-state index contributed by atoms with van der Waals surface area (Å²) >= 11 is 1.39. The predicted molar refractivity (Wildman–Crippen MR) is 110 cm³/mol. The lowest BCUT2D eigenvalue weighted by atomic mass is 9.88. The van der Waals surface area contributed by atoms with E-state index in [0.29, 0.717) is 17.2 Å². The summed E-state index contributed by atoms with van der Waals surface area (Å²) < 4.78 is 25.0. The van der Waals surface area contributed by atoms with E-state index in [1.54, 1.807) is 17.0 Å². The second kappa shape index (κ2) is 8.24. The maximum Gasteiger partial charge on any atom is 0.231 e. The Bertz CT molecular complexity index is 915. The Morgan fingerprint density at radius 2 is 1.89 bits per heavy atom. The van der Waals surface area contributed by atoms with E-state index in [1.165, 1.54) is 24.0 Å². The zero-order valence-corrected chi connectivity index (χ0v) is 17.8. The first-order valence-electron chi connectivity index (χ1n) is 9.33. The molecule has 0 unspecified atom stereocenters. The number of fused-ring (bicyclic) bond motifs is 1. The molecule has 2 aromatic rings. The van der Waals surface area contributed by atoms with Crippen LogP contribution >= 0.6 is 11.3 Å². The topological polar surface area (TPSA) is 70.6 Å². The SMILES string of the molecule is CN(C)CCN(C(=O)C1CCCCC1)c1nc2c(S(C)(=O)=O)cccc2s1. The van der Waals surface area contributed by atoms with Gasteiger partial charge in [-0.25, -0.2) is 13.4 Å². The van der Waals surface area contributed by atoms with Crippen molar-refractivity contribution in [2.75, 3.05) is 38.3 Å². The number of amides is 1. The standard InChI is InChI=1S/C19H27N3O3S2/c1-21(2)12-13-22(18(23)14-8-5-4-6-9-14)19-20-17-15(26-19)10-7-11-16(17)27(3,24)25/h7,10-11,14H,4-6,8-9,12-13H2,1-3H3. The molecule has 0 N–H and O–H groups in total. The molecule has 6 nitrogen and oxygen atoms in total. The normalized spacial score (nSPS) is 16.1. The predicted octanol–water partition coefficient (Wildman–Crippen LogP) is 3.17. The number of hydrogen-bond acceptors (Lipinski definition) is 6. The lowest BCUT2D eigenvalue weighted by molar-refractivity contribution is -0.123. The van der Waals surface area contributed by atoms with Crippen LogP contribution in [0.5, 0.6) is 0 Å². The molecule has 0 aliphatic heterocycles. The van der Waals surface area contributed by atoms with Crippen molar-refractivity contribution < 1.29 is 13.2 Å². The van der Waals surface area contributed by atoms with Crippen molar-refractivity contribution in [3.8, 4) is 0 Å². The van der Waals surface area contributed by atoms with Gasteiger partial charge in [-0.15, -0.1) is 0 Å². The Morgan fingerprint density at radius 3 is 2.52 bits per heavy atom. The molecule has 1 aliphatic rings. The summed E-state index contributed by atoms with van der Waals surface area (Å²) in [5.41, 5.74) is 0.464. The minimum Gasteiger partial charge on any atom is -0.308 e. The van der Waals surface area contributed by atoms with Gasteiger partial charge in [-0.1, -0.05) is 36.7 Å². The maximum atomic E-state index is 13.2. The van der Waals surface area contributed by atoms with E-state index in [1.807, 2.05) is 25.1 Å². The molecule has 1 heterocycles. The van der Waals surface area contributed by atoms with Gasteiger partial charge in [0.05, 0.1) is 9.60 Å². The molecule has 1 aromatic carbocycles. The lowest BCUT2D eigenvalue weighted by Crippen LogP contribution is -2.41. The summed E-state index contributed by atoms with van der Waals surface area (Å²) in [5.74, 6) is 0.166. The molecule has 1 saturated carbocycles. The van der Waals surface area contributed by atoms with Gasteiger partial charge in [-0.2, -0.15) is 0 Å². The van der Waals surface area contributed by atoms with Crippen molar-refractivity contribution in [2.45, 2.75) is 37.0 Å². The first-order valence-corrected chi connectivity index (χ1v) is 12.0. The van der Waals surface area contributed by atoms with Gasteiger partial charge in [-0.05, 0) is 39.1 Å². The van der Waals surface area contributed by atoms with E-state index in [9.17, 15) is 13.2 Å². The van der Waals surface area contributed by atoms with Gasteiger partial charge in [0, 0.05) is 25.3 Å². The number of aromatic nitrogens is 1. The molecular weight excluding hydrogens is 382 g/mol. The third kappa shape index (κ3) is 4.67. The third-order valence-corrected chi connectivity index (χ3v) is 7.16.